The summed E-state index contributed by atoms with van der Waals surface area (Å²) in [5, 5.41) is 3.68. The molecule has 0 aromatic rings. The smallest absolute Gasteiger partial charge is 0.0217 e. The Morgan fingerprint density at radius 3 is 2.87 bits per heavy atom. The lowest BCUT2D eigenvalue weighted by Crippen LogP contribution is -2.45. The van der Waals surface area contributed by atoms with Crippen LogP contribution >= 0.6 is 0 Å². The molecule has 1 aliphatic rings. The van der Waals surface area contributed by atoms with Crippen LogP contribution in [0.1, 0.15) is 52.4 Å². The van der Waals surface area contributed by atoms with Crippen molar-refractivity contribution >= 4 is 0 Å². The molecule has 0 bridgehead atoms. The molecule has 0 aromatic carbocycles. The Balaban J connectivity index is 2.11. The Morgan fingerprint density at radius 2 is 2.20 bits per heavy atom. The third-order valence-corrected chi connectivity index (χ3v) is 3.61. The van der Waals surface area contributed by atoms with E-state index < -0.39 is 0 Å². The van der Waals surface area contributed by atoms with Gasteiger partial charge in [-0.15, -0.1) is 0 Å². The zero-order valence-corrected chi connectivity index (χ0v) is 10.8. The van der Waals surface area contributed by atoms with E-state index in [4.69, 9.17) is 0 Å². The van der Waals surface area contributed by atoms with E-state index in [1.807, 2.05) is 0 Å². The standard InChI is InChI=1S/C13H28N2/c1-4-5-8-12(2)14-11-13-9-6-7-10-15(13)3/h12-14H,4-11H2,1-3H3. The molecule has 1 heterocycles. The third-order valence-electron chi connectivity index (χ3n) is 3.61. The molecule has 1 saturated heterocycles. The highest BCUT2D eigenvalue weighted by Crippen LogP contribution is 2.14. The third kappa shape index (κ3) is 4.98. The summed E-state index contributed by atoms with van der Waals surface area (Å²) in [6.45, 7) is 7.05. The highest BCUT2D eigenvalue weighted by molar-refractivity contribution is 4.77. The predicted molar refractivity (Wildman–Crippen MR) is 67.3 cm³/mol. The topological polar surface area (TPSA) is 15.3 Å². The zero-order chi connectivity index (χ0) is 11.1. The molecule has 1 N–H and O–H groups in total. The molecule has 2 atom stereocenters. The summed E-state index contributed by atoms with van der Waals surface area (Å²) in [5.41, 5.74) is 0. The quantitative estimate of drug-likeness (QED) is 0.728. The Morgan fingerprint density at radius 1 is 1.40 bits per heavy atom. The summed E-state index contributed by atoms with van der Waals surface area (Å²) in [6.07, 6.45) is 8.18. The van der Waals surface area contributed by atoms with Crippen LogP contribution in [0.5, 0.6) is 0 Å². The summed E-state index contributed by atoms with van der Waals surface area (Å²) in [6, 6.07) is 1.48. The summed E-state index contributed by atoms with van der Waals surface area (Å²) in [7, 11) is 2.27. The van der Waals surface area contributed by atoms with Crippen molar-refractivity contribution in [3.63, 3.8) is 0 Å². The maximum absolute atomic E-state index is 3.68. The van der Waals surface area contributed by atoms with Crippen LogP contribution in [-0.4, -0.2) is 37.1 Å². The van der Waals surface area contributed by atoms with Gasteiger partial charge in [0.1, 0.15) is 0 Å². The second-order valence-corrected chi connectivity index (χ2v) is 5.08. The molecule has 0 aromatic heterocycles. The molecule has 0 saturated carbocycles. The minimum atomic E-state index is 0.695. The van der Waals surface area contributed by atoms with Crippen molar-refractivity contribution in [1.29, 1.82) is 0 Å². The summed E-state index contributed by atoms with van der Waals surface area (Å²) in [4.78, 5) is 2.52. The number of hydrogen-bond acceptors (Lipinski definition) is 2. The molecule has 0 spiro atoms. The first-order valence-corrected chi connectivity index (χ1v) is 6.67. The van der Waals surface area contributed by atoms with Crippen molar-refractivity contribution in [3.8, 4) is 0 Å². The Kier molecular flexibility index (Phi) is 6.26. The van der Waals surface area contributed by atoms with Crippen LogP contribution in [0.2, 0.25) is 0 Å². The molecule has 0 amide bonds. The van der Waals surface area contributed by atoms with Crippen LogP contribution in [0.4, 0.5) is 0 Å². The molecule has 2 nitrogen and oxygen atoms in total. The van der Waals surface area contributed by atoms with Crippen LogP contribution in [0.3, 0.4) is 0 Å². The number of unbranched alkanes of at least 4 members (excludes halogenated alkanes) is 1. The average molecular weight is 212 g/mol. The minimum absolute atomic E-state index is 0.695. The van der Waals surface area contributed by atoms with E-state index in [0.29, 0.717) is 6.04 Å². The van der Waals surface area contributed by atoms with Gasteiger partial charge in [-0.1, -0.05) is 26.2 Å². The van der Waals surface area contributed by atoms with Gasteiger partial charge in [0.2, 0.25) is 0 Å². The SMILES string of the molecule is CCCCC(C)NCC1CCCCN1C. The lowest BCUT2D eigenvalue weighted by molar-refractivity contribution is 0.178. The minimum Gasteiger partial charge on any atom is -0.313 e. The Hall–Kier alpha value is -0.0800. The fourth-order valence-corrected chi connectivity index (χ4v) is 2.35. The average Bonchev–Trinajstić information content (AvgIpc) is 2.25. The number of rotatable bonds is 6. The van der Waals surface area contributed by atoms with Crippen LogP contribution in [0.15, 0.2) is 0 Å². The maximum Gasteiger partial charge on any atom is 0.0217 e. The number of piperidine rings is 1. The van der Waals surface area contributed by atoms with Gasteiger partial charge < -0.3 is 10.2 Å². The van der Waals surface area contributed by atoms with Crippen molar-refractivity contribution in [2.24, 2.45) is 0 Å². The van der Waals surface area contributed by atoms with Gasteiger partial charge in [0, 0.05) is 18.6 Å². The van der Waals surface area contributed by atoms with Crippen molar-refractivity contribution in [3.05, 3.63) is 0 Å². The lowest BCUT2D eigenvalue weighted by Gasteiger charge is -2.33. The van der Waals surface area contributed by atoms with E-state index in [0.717, 1.165) is 6.04 Å². The van der Waals surface area contributed by atoms with Crippen LogP contribution in [0, 0.1) is 0 Å². The second-order valence-electron chi connectivity index (χ2n) is 5.08. The lowest BCUT2D eigenvalue weighted by atomic mass is 10.0. The van der Waals surface area contributed by atoms with Gasteiger partial charge >= 0.3 is 0 Å². The Labute approximate surface area is 95.4 Å². The molecule has 0 aliphatic carbocycles. The molecular formula is C13H28N2. The van der Waals surface area contributed by atoms with Crippen molar-refractivity contribution in [1.82, 2.24) is 10.2 Å². The molecular weight excluding hydrogens is 184 g/mol. The molecule has 2 unspecified atom stereocenters. The fourth-order valence-electron chi connectivity index (χ4n) is 2.35. The van der Waals surface area contributed by atoms with Gasteiger partial charge in [-0.3, -0.25) is 0 Å². The van der Waals surface area contributed by atoms with E-state index in [2.05, 4.69) is 31.1 Å². The van der Waals surface area contributed by atoms with Gasteiger partial charge in [-0.05, 0) is 39.8 Å². The van der Waals surface area contributed by atoms with Gasteiger partial charge in [-0.25, -0.2) is 0 Å². The molecule has 2 heteroatoms. The molecule has 1 fully saturated rings. The molecule has 0 radical (unpaired) electrons. The summed E-state index contributed by atoms with van der Waals surface area (Å²) < 4.78 is 0. The largest absolute Gasteiger partial charge is 0.313 e. The predicted octanol–water partition coefficient (Wildman–Crippen LogP) is 2.64. The van der Waals surface area contributed by atoms with E-state index in [-0.39, 0.29) is 0 Å². The summed E-state index contributed by atoms with van der Waals surface area (Å²) in [5.74, 6) is 0. The van der Waals surface area contributed by atoms with Gasteiger partial charge in [0.25, 0.3) is 0 Å². The van der Waals surface area contributed by atoms with Gasteiger partial charge in [0.15, 0.2) is 0 Å². The fraction of sp³-hybridized carbons (Fsp3) is 1.00. The second kappa shape index (κ2) is 7.24. The number of nitrogens with zero attached hydrogens (tertiary/aromatic N) is 1. The van der Waals surface area contributed by atoms with E-state index in [1.165, 1.54) is 51.6 Å². The Bertz CT molecular complexity index is 159. The van der Waals surface area contributed by atoms with Gasteiger partial charge in [-0.2, -0.15) is 0 Å². The van der Waals surface area contributed by atoms with Crippen molar-refractivity contribution in [2.75, 3.05) is 20.1 Å². The van der Waals surface area contributed by atoms with E-state index in [1.54, 1.807) is 0 Å². The summed E-state index contributed by atoms with van der Waals surface area (Å²) >= 11 is 0. The zero-order valence-electron chi connectivity index (χ0n) is 10.8. The molecule has 1 rings (SSSR count). The van der Waals surface area contributed by atoms with Crippen molar-refractivity contribution < 1.29 is 0 Å². The molecule has 90 valence electrons. The van der Waals surface area contributed by atoms with E-state index in [9.17, 15) is 0 Å². The van der Waals surface area contributed by atoms with Gasteiger partial charge in [0.05, 0.1) is 0 Å². The number of likely N-dealkylation sites (tertiary alicyclic amines) is 1. The number of nitrogens with one attached hydrogen (secondary N) is 1. The highest BCUT2D eigenvalue weighted by Gasteiger charge is 2.18. The van der Waals surface area contributed by atoms with Crippen LogP contribution in [0.25, 0.3) is 0 Å². The first kappa shape index (κ1) is 13.0. The number of hydrogen-bond donors (Lipinski definition) is 1. The maximum atomic E-state index is 3.68. The normalized spacial score (nSPS) is 25.4. The number of likely N-dealkylation sites (N-methyl/N-ethyl adjacent to an activating group) is 1. The molecule has 15 heavy (non-hydrogen) atoms. The first-order valence-electron chi connectivity index (χ1n) is 6.67. The van der Waals surface area contributed by atoms with E-state index >= 15 is 0 Å². The molecule has 1 aliphatic heterocycles. The monoisotopic (exact) mass is 212 g/mol. The van der Waals surface area contributed by atoms with Crippen LogP contribution < -0.4 is 5.32 Å². The van der Waals surface area contributed by atoms with Crippen molar-refractivity contribution in [2.45, 2.75) is 64.5 Å². The first-order chi connectivity index (χ1) is 7.24. The highest BCUT2D eigenvalue weighted by atomic mass is 15.2. The van der Waals surface area contributed by atoms with Crippen LogP contribution in [-0.2, 0) is 0 Å².